The average Bonchev–Trinajstić information content (AvgIpc) is 2.60. The third-order valence-electron chi connectivity index (χ3n) is 4.25. The second kappa shape index (κ2) is 9.27. The molecule has 1 saturated heterocycles. The first-order valence-corrected chi connectivity index (χ1v) is 9.51. The van der Waals surface area contributed by atoms with Crippen LogP contribution in [-0.4, -0.2) is 68.7 Å². The summed E-state index contributed by atoms with van der Waals surface area (Å²) >= 11 is 0. The van der Waals surface area contributed by atoms with Crippen molar-refractivity contribution >= 4 is 11.7 Å². The molecule has 5 N–H and O–H groups in total. The molecule has 0 amide bonds. The van der Waals surface area contributed by atoms with Gasteiger partial charge in [-0.1, -0.05) is 6.07 Å². The van der Waals surface area contributed by atoms with Crippen LogP contribution in [0.3, 0.4) is 0 Å². The number of hydrogen-bond acceptors (Lipinski definition) is 8. The summed E-state index contributed by atoms with van der Waals surface area (Å²) in [6.07, 6.45) is -8.28. The zero-order chi connectivity index (χ0) is 21.9. The number of aliphatic hydroxyl groups is 3. The molecule has 0 bridgehead atoms. The van der Waals surface area contributed by atoms with E-state index in [9.17, 15) is 20.1 Å². The van der Waals surface area contributed by atoms with Gasteiger partial charge in [-0.2, -0.15) is 0 Å². The van der Waals surface area contributed by atoms with E-state index in [0.717, 1.165) is 11.3 Å². The average molecular weight is 413 g/mol. The van der Waals surface area contributed by atoms with Crippen LogP contribution in [0.2, 0.25) is 0 Å². The topological polar surface area (TPSA) is 138 Å². The largest absolute Gasteiger partial charge is 0.479 e. The molecular weight excluding hydrogens is 382 g/mol. The van der Waals surface area contributed by atoms with Crippen molar-refractivity contribution in [1.82, 2.24) is 0 Å². The first-order valence-electron chi connectivity index (χ1n) is 9.51. The maximum absolute atomic E-state index is 11.2. The number of benzene rings is 1. The Morgan fingerprint density at radius 3 is 2.38 bits per heavy atom. The van der Waals surface area contributed by atoms with Gasteiger partial charge in [0.25, 0.3) is 0 Å². The summed E-state index contributed by atoms with van der Waals surface area (Å²) in [7, 11) is 0. The van der Waals surface area contributed by atoms with Crippen molar-refractivity contribution in [2.45, 2.75) is 83.6 Å². The highest BCUT2D eigenvalue weighted by Gasteiger charge is 2.48. The van der Waals surface area contributed by atoms with Gasteiger partial charge < -0.3 is 40.0 Å². The van der Waals surface area contributed by atoms with Gasteiger partial charge in [-0.3, -0.25) is 0 Å². The van der Waals surface area contributed by atoms with Gasteiger partial charge in [0.1, 0.15) is 24.1 Å². The Hall–Kier alpha value is -1.91. The van der Waals surface area contributed by atoms with Crippen LogP contribution in [0.4, 0.5) is 5.69 Å². The Kier molecular flexibility index (Phi) is 7.47. The highest BCUT2D eigenvalue weighted by atomic mass is 16.7. The van der Waals surface area contributed by atoms with Crippen LogP contribution in [0.25, 0.3) is 0 Å². The molecule has 2 rings (SSSR count). The van der Waals surface area contributed by atoms with E-state index in [2.05, 4.69) is 5.32 Å². The van der Waals surface area contributed by atoms with Crippen LogP contribution >= 0.6 is 0 Å². The van der Waals surface area contributed by atoms with Crippen molar-refractivity contribution in [3.05, 3.63) is 23.8 Å². The second-order valence-corrected chi connectivity index (χ2v) is 8.37. The van der Waals surface area contributed by atoms with Gasteiger partial charge >= 0.3 is 5.97 Å². The summed E-state index contributed by atoms with van der Waals surface area (Å²) in [5, 5.41) is 42.3. The summed E-state index contributed by atoms with van der Waals surface area (Å²) in [5.74, 6) is -1.17. The quantitative estimate of drug-likeness (QED) is 0.445. The van der Waals surface area contributed by atoms with Crippen molar-refractivity contribution in [3.63, 3.8) is 0 Å². The molecule has 9 nitrogen and oxygen atoms in total. The van der Waals surface area contributed by atoms with Gasteiger partial charge in [0, 0.05) is 23.4 Å². The lowest BCUT2D eigenvalue weighted by Gasteiger charge is -2.38. The van der Waals surface area contributed by atoms with E-state index in [1.54, 1.807) is 18.2 Å². The van der Waals surface area contributed by atoms with Crippen molar-refractivity contribution in [1.29, 1.82) is 0 Å². The predicted molar refractivity (Wildman–Crippen MR) is 105 cm³/mol. The molecule has 5 atom stereocenters. The molecule has 0 radical (unpaired) electrons. The normalized spacial score (nSPS) is 27.7. The van der Waals surface area contributed by atoms with E-state index in [4.69, 9.17) is 19.3 Å². The zero-order valence-electron chi connectivity index (χ0n) is 17.3. The molecule has 0 aliphatic carbocycles. The van der Waals surface area contributed by atoms with E-state index in [1.165, 1.54) is 0 Å². The third kappa shape index (κ3) is 6.28. The number of anilines is 1. The highest BCUT2D eigenvalue weighted by Crippen LogP contribution is 2.29. The van der Waals surface area contributed by atoms with Crippen molar-refractivity contribution < 1.29 is 39.4 Å². The Labute approximate surface area is 170 Å². The van der Waals surface area contributed by atoms with Crippen LogP contribution in [0, 0.1) is 0 Å². The summed E-state index contributed by atoms with van der Waals surface area (Å²) in [6.45, 7) is 10.2. The number of ether oxygens (including phenoxy) is 3. The first-order chi connectivity index (χ1) is 13.4. The van der Waals surface area contributed by atoms with E-state index >= 15 is 0 Å². The molecule has 1 heterocycles. The minimum atomic E-state index is -1.77. The minimum absolute atomic E-state index is 0.128. The lowest BCUT2D eigenvalue weighted by atomic mass is 9.99. The molecule has 0 saturated carbocycles. The lowest BCUT2D eigenvalue weighted by Crippen LogP contribution is -2.61. The van der Waals surface area contributed by atoms with Crippen LogP contribution in [0.5, 0.6) is 5.75 Å². The summed E-state index contributed by atoms with van der Waals surface area (Å²) in [4.78, 5) is 11.2. The number of hydrogen-bond donors (Lipinski definition) is 5. The fourth-order valence-corrected chi connectivity index (χ4v) is 2.78. The van der Waals surface area contributed by atoms with E-state index < -0.39 is 36.7 Å². The van der Waals surface area contributed by atoms with E-state index in [1.807, 2.05) is 34.6 Å². The monoisotopic (exact) mass is 413 g/mol. The van der Waals surface area contributed by atoms with Crippen LogP contribution in [0.1, 0.15) is 40.2 Å². The lowest BCUT2D eigenvalue weighted by molar-refractivity contribution is -0.271. The molecule has 0 aromatic heterocycles. The zero-order valence-corrected chi connectivity index (χ0v) is 17.3. The fourth-order valence-electron chi connectivity index (χ4n) is 2.78. The SMILES string of the molecule is CC(C)Nc1cc(OC2OC(C(=O)O)C(O)C(O)C2O)ccc1COC(C)(C)C. The molecule has 9 heteroatoms. The molecule has 1 fully saturated rings. The molecular formula is C20H31NO8. The molecule has 1 aliphatic heterocycles. The van der Waals surface area contributed by atoms with Crippen molar-refractivity contribution in [3.8, 4) is 5.75 Å². The molecule has 1 aromatic carbocycles. The number of aliphatic hydroxyl groups excluding tert-OH is 3. The van der Waals surface area contributed by atoms with Crippen LogP contribution in [-0.2, 0) is 20.9 Å². The second-order valence-electron chi connectivity index (χ2n) is 8.37. The molecule has 1 aliphatic rings. The summed E-state index contributed by atoms with van der Waals surface area (Å²) < 4.78 is 16.6. The predicted octanol–water partition coefficient (Wildman–Crippen LogP) is 1.09. The maximum atomic E-state index is 11.2. The maximum Gasteiger partial charge on any atom is 0.335 e. The van der Waals surface area contributed by atoms with E-state index in [0.29, 0.717) is 12.4 Å². The summed E-state index contributed by atoms with van der Waals surface area (Å²) in [6, 6.07) is 5.24. The van der Waals surface area contributed by atoms with Crippen molar-refractivity contribution in [2.75, 3.05) is 5.32 Å². The number of carbonyl (C=O) groups is 1. The van der Waals surface area contributed by atoms with Gasteiger partial charge in [0.05, 0.1) is 12.2 Å². The van der Waals surface area contributed by atoms with Crippen LogP contribution < -0.4 is 10.1 Å². The van der Waals surface area contributed by atoms with Gasteiger partial charge in [0.15, 0.2) is 6.10 Å². The molecule has 29 heavy (non-hydrogen) atoms. The molecule has 1 aromatic rings. The minimum Gasteiger partial charge on any atom is -0.479 e. The van der Waals surface area contributed by atoms with Gasteiger partial charge in [-0.15, -0.1) is 0 Å². The van der Waals surface area contributed by atoms with Crippen molar-refractivity contribution in [2.24, 2.45) is 0 Å². The van der Waals surface area contributed by atoms with Gasteiger partial charge in [0.2, 0.25) is 6.29 Å². The Morgan fingerprint density at radius 1 is 1.17 bits per heavy atom. The summed E-state index contributed by atoms with van der Waals surface area (Å²) in [5.41, 5.74) is 1.33. The Bertz CT molecular complexity index is 702. The Balaban J connectivity index is 2.22. The van der Waals surface area contributed by atoms with E-state index in [-0.39, 0.29) is 11.6 Å². The van der Waals surface area contributed by atoms with Gasteiger partial charge in [-0.25, -0.2) is 4.79 Å². The molecule has 164 valence electrons. The number of carboxylic acids is 1. The van der Waals surface area contributed by atoms with Gasteiger partial charge in [-0.05, 0) is 40.7 Å². The fraction of sp³-hybridized carbons (Fsp3) is 0.650. The highest BCUT2D eigenvalue weighted by molar-refractivity contribution is 5.73. The smallest absolute Gasteiger partial charge is 0.335 e. The molecule has 0 spiro atoms. The number of carboxylic acid groups (broad SMARTS) is 1. The number of nitrogens with one attached hydrogen (secondary N) is 1. The first kappa shape index (κ1) is 23.4. The van der Waals surface area contributed by atoms with Crippen LogP contribution in [0.15, 0.2) is 18.2 Å². The Morgan fingerprint density at radius 2 is 1.83 bits per heavy atom. The number of aliphatic carboxylic acids is 1. The standard InChI is InChI=1S/C20H31NO8/c1-10(2)21-13-8-12(7-6-11(13)9-27-20(3,4)5)28-19-16(24)14(22)15(23)17(29-19)18(25)26/h6-8,10,14-17,19,21-24H,9H2,1-5H3,(H,25,26). The number of rotatable bonds is 7. The molecule has 5 unspecified atom stereocenters. The third-order valence-corrected chi connectivity index (χ3v) is 4.25.